The van der Waals surface area contributed by atoms with Gasteiger partial charge in [-0.3, -0.25) is 0 Å². The molecule has 1 aromatic rings. The van der Waals surface area contributed by atoms with Crippen molar-refractivity contribution in [2.45, 2.75) is 25.4 Å². The van der Waals surface area contributed by atoms with Crippen LogP contribution in [0.1, 0.15) is 25.3 Å². The Balaban J connectivity index is 3.16. The highest BCUT2D eigenvalue weighted by atomic mass is 35.5. The molecule has 88 valence electrons. The SMILES string of the molecule is C=C=CC(O)(CC#CCC)c1ccccc1Cl. The van der Waals surface area contributed by atoms with Gasteiger partial charge in [0.05, 0.1) is 0 Å². The Morgan fingerprint density at radius 3 is 2.71 bits per heavy atom. The van der Waals surface area contributed by atoms with Gasteiger partial charge in [-0.1, -0.05) is 49.2 Å². The molecule has 1 nitrogen and oxygen atoms in total. The van der Waals surface area contributed by atoms with Gasteiger partial charge in [0.1, 0.15) is 5.60 Å². The lowest BCUT2D eigenvalue weighted by Crippen LogP contribution is -2.22. The molecular weight excluding hydrogens is 232 g/mol. The third kappa shape index (κ3) is 3.51. The molecule has 0 aliphatic heterocycles. The molecule has 1 unspecified atom stereocenters. The first-order valence-electron chi connectivity index (χ1n) is 5.44. The van der Waals surface area contributed by atoms with Crippen LogP contribution in [0.2, 0.25) is 5.02 Å². The van der Waals surface area contributed by atoms with Gasteiger partial charge >= 0.3 is 0 Å². The van der Waals surface area contributed by atoms with Gasteiger partial charge in [-0.2, -0.15) is 0 Å². The highest BCUT2D eigenvalue weighted by molar-refractivity contribution is 6.31. The van der Waals surface area contributed by atoms with E-state index in [1.54, 1.807) is 12.1 Å². The highest BCUT2D eigenvalue weighted by Crippen LogP contribution is 2.31. The zero-order valence-electron chi connectivity index (χ0n) is 9.83. The van der Waals surface area contributed by atoms with Crippen molar-refractivity contribution < 1.29 is 5.11 Å². The Hall–Kier alpha value is -1.45. The summed E-state index contributed by atoms with van der Waals surface area (Å²) in [5, 5.41) is 11.1. The number of rotatable bonds is 3. The summed E-state index contributed by atoms with van der Waals surface area (Å²) in [6.07, 6.45) is 2.54. The number of aliphatic hydroxyl groups is 1. The van der Waals surface area contributed by atoms with Crippen molar-refractivity contribution in [3.63, 3.8) is 0 Å². The summed E-state index contributed by atoms with van der Waals surface area (Å²) < 4.78 is 0. The van der Waals surface area contributed by atoms with Crippen LogP contribution in [0.15, 0.2) is 42.7 Å². The van der Waals surface area contributed by atoms with E-state index in [-0.39, 0.29) is 6.42 Å². The predicted octanol–water partition coefficient (Wildman–Crippen LogP) is 3.67. The van der Waals surface area contributed by atoms with E-state index in [1.807, 2.05) is 19.1 Å². The zero-order chi connectivity index (χ0) is 12.7. The second-order valence-corrected chi connectivity index (χ2v) is 4.04. The van der Waals surface area contributed by atoms with E-state index in [0.29, 0.717) is 10.6 Å². The third-order valence-electron chi connectivity index (χ3n) is 2.34. The van der Waals surface area contributed by atoms with Crippen molar-refractivity contribution in [2.24, 2.45) is 0 Å². The molecule has 0 saturated carbocycles. The molecule has 0 aromatic heterocycles. The van der Waals surface area contributed by atoms with Gasteiger partial charge in [-0.25, -0.2) is 0 Å². The van der Waals surface area contributed by atoms with Crippen molar-refractivity contribution in [3.05, 3.63) is 53.2 Å². The summed E-state index contributed by atoms with van der Waals surface area (Å²) in [6.45, 7) is 5.46. The van der Waals surface area contributed by atoms with E-state index >= 15 is 0 Å². The fourth-order valence-electron chi connectivity index (χ4n) is 1.53. The van der Waals surface area contributed by atoms with E-state index < -0.39 is 5.60 Å². The van der Waals surface area contributed by atoms with Crippen LogP contribution in [0, 0.1) is 11.8 Å². The second kappa shape index (κ2) is 6.33. The maximum Gasteiger partial charge on any atom is 0.127 e. The smallest absolute Gasteiger partial charge is 0.127 e. The van der Waals surface area contributed by atoms with Gasteiger partial charge in [0.25, 0.3) is 0 Å². The average Bonchev–Trinajstić information content (AvgIpc) is 2.30. The monoisotopic (exact) mass is 246 g/mol. The van der Waals surface area contributed by atoms with Crippen LogP contribution < -0.4 is 0 Å². The molecule has 1 atom stereocenters. The summed E-state index contributed by atoms with van der Waals surface area (Å²) in [4.78, 5) is 0. The van der Waals surface area contributed by atoms with Crippen molar-refractivity contribution >= 4 is 11.6 Å². The Labute approximate surface area is 107 Å². The van der Waals surface area contributed by atoms with Crippen LogP contribution in [-0.2, 0) is 5.60 Å². The van der Waals surface area contributed by atoms with Gasteiger partial charge in [0.15, 0.2) is 0 Å². The van der Waals surface area contributed by atoms with Gasteiger partial charge in [-0.15, -0.1) is 11.7 Å². The van der Waals surface area contributed by atoms with Crippen LogP contribution in [0.25, 0.3) is 0 Å². The minimum Gasteiger partial charge on any atom is -0.379 e. The molecule has 2 heteroatoms. The summed E-state index contributed by atoms with van der Waals surface area (Å²) >= 11 is 6.08. The van der Waals surface area contributed by atoms with E-state index in [9.17, 15) is 5.11 Å². The quantitative estimate of drug-likeness (QED) is 0.637. The Bertz CT molecular complexity index is 489. The van der Waals surface area contributed by atoms with Crippen molar-refractivity contribution in [2.75, 3.05) is 0 Å². The Morgan fingerprint density at radius 1 is 1.41 bits per heavy atom. The van der Waals surface area contributed by atoms with E-state index in [2.05, 4.69) is 24.2 Å². The highest BCUT2D eigenvalue weighted by Gasteiger charge is 2.27. The lowest BCUT2D eigenvalue weighted by Gasteiger charge is -2.23. The molecule has 0 amide bonds. The van der Waals surface area contributed by atoms with Crippen LogP contribution in [-0.4, -0.2) is 5.11 Å². The predicted molar refractivity (Wildman–Crippen MR) is 71.7 cm³/mol. The minimum absolute atomic E-state index is 0.285. The summed E-state index contributed by atoms with van der Waals surface area (Å²) in [5.74, 6) is 5.86. The Morgan fingerprint density at radius 2 is 2.12 bits per heavy atom. The van der Waals surface area contributed by atoms with Gasteiger partial charge in [0.2, 0.25) is 0 Å². The first-order chi connectivity index (χ1) is 8.14. The van der Waals surface area contributed by atoms with E-state index in [1.165, 1.54) is 6.08 Å². The molecule has 0 fully saturated rings. The molecule has 1 N–H and O–H groups in total. The lowest BCUT2D eigenvalue weighted by atomic mass is 9.90. The number of halogens is 1. The van der Waals surface area contributed by atoms with Crippen LogP contribution in [0.5, 0.6) is 0 Å². The maximum absolute atomic E-state index is 10.5. The molecule has 0 radical (unpaired) electrons. The fourth-order valence-corrected chi connectivity index (χ4v) is 1.83. The van der Waals surface area contributed by atoms with Crippen LogP contribution in [0.4, 0.5) is 0 Å². The lowest BCUT2D eigenvalue weighted by molar-refractivity contribution is 0.0956. The van der Waals surface area contributed by atoms with Gasteiger partial charge in [-0.05, 0) is 12.1 Å². The molecule has 17 heavy (non-hydrogen) atoms. The summed E-state index contributed by atoms with van der Waals surface area (Å²) in [6, 6.07) is 7.17. The average molecular weight is 247 g/mol. The molecule has 0 heterocycles. The zero-order valence-corrected chi connectivity index (χ0v) is 10.6. The third-order valence-corrected chi connectivity index (χ3v) is 2.67. The Kier molecular flexibility index (Phi) is 5.07. The minimum atomic E-state index is -1.22. The van der Waals surface area contributed by atoms with Crippen molar-refractivity contribution in [1.82, 2.24) is 0 Å². The number of hydrogen-bond donors (Lipinski definition) is 1. The second-order valence-electron chi connectivity index (χ2n) is 3.64. The molecule has 0 aliphatic rings. The molecule has 0 aliphatic carbocycles. The molecule has 0 bridgehead atoms. The van der Waals surface area contributed by atoms with E-state index in [4.69, 9.17) is 11.6 Å². The number of hydrogen-bond acceptors (Lipinski definition) is 1. The van der Waals surface area contributed by atoms with Crippen molar-refractivity contribution in [3.8, 4) is 11.8 Å². The van der Waals surface area contributed by atoms with Crippen LogP contribution in [0.3, 0.4) is 0 Å². The molecular formula is C15H15ClO. The largest absolute Gasteiger partial charge is 0.379 e. The normalized spacial score (nSPS) is 12.9. The van der Waals surface area contributed by atoms with Gasteiger partial charge in [0, 0.05) is 23.4 Å². The standard InChI is InChI=1S/C15H15ClO/c1-3-5-8-12-15(17,11-4-2)13-9-6-7-10-14(13)16/h6-7,9-11,17H,2-3,12H2,1H3. The number of benzene rings is 1. The van der Waals surface area contributed by atoms with Crippen LogP contribution >= 0.6 is 11.6 Å². The molecule has 0 spiro atoms. The first-order valence-corrected chi connectivity index (χ1v) is 5.82. The molecule has 0 saturated heterocycles. The summed E-state index contributed by atoms with van der Waals surface area (Å²) in [5.41, 5.74) is 2.02. The molecule has 1 rings (SSSR count). The topological polar surface area (TPSA) is 20.2 Å². The fraction of sp³-hybridized carbons (Fsp3) is 0.267. The first kappa shape index (κ1) is 13.6. The van der Waals surface area contributed by atoms with Gasteiger partial charge < -0.3 is 5.11 Å². The summed E-state index contributed by atoms with van der Waals surface area (Å²) in [7, 11) is 0. The van der Waals surface area contributed by atoms with Crippen molar-refractivity contribution in [1.29, 1.82) is 0 Å². The maximum atomic E-state index is 10.5. The molecule has 1 aromatic carbocycles. The van der Waals surface area contributed by atoms with E-state index in [0.717, 1.165) is 6.42 Å².